The molecule has 6 heteroatoms. The summed E-state index contributed by atoms with van der Waals surface area (Å²) in [6.07, 6.45) is 63.5. The van der Waals surface area contributed by atoms with Crippen LogP contribution in [0.15, 0.2) is 60.8 Å². The van der Waals surface area contributed by atoms with Gasteiger partial charge in [0.1, 0.15) is 13.2 Å². The van der Waals surface area contributed by atoms with E-state index < -0.39 is 6.10 Å². The van der Waals surface area contributed by atoms with Gasteiger partial charge in [-0.1, -0.05) is 197 Å². The van der Waals surface area contributed by atoms with Crippen molar-refractivity contribution in [1.82, 2.24) is 0 Å². The fourth-order valence-corrected chi connectivity index (χ4v) is 7.38. The summed E-state index contributed by atoms with van der Waals surface area (Å²) in [6, 6.07) is 0. The van der Waals surface area contributed by atoms with Crippen LogP contribution in [0.1, 0.15) is 265 Å². The third-order valence-electron chi connectivity index (χ3n) is 11.5. The molecule has 0 rings (SSSR count). The molecule has 0 saturated heterocycles. The number of ether oxygens (including phenoxy) is 3. The maximum absolute atomic E-state index is 12.8. The zero-order valence-electron chi connectivity index (χ0n) is 41.6. The van der Waals surface area contributed by atoms with Gasteiger partial charge in [0, 0.05) is 19.3 Å². The number of hydrogen-bond acceptors (Lipinski definition) is 6. The Morgan fingerprint density at radius 3 is 0.984 bits per heavy atom. The smallest absolute Gasteiger partial charge is 0.306 e. The van der Waals surface area contributed by atoms with Gasteiger partial charge < -0.3 is 14.2 Å². The van der Waals surface area contributed by atoms with Crippen molar-refractivity contribution in [2.75, 3.05) is 13.2 Å². The molecule has 0 radical (unpaired) electrons. The predicted molar refractivity (Wildman–Crippen MR) is 270 cm³/mol. The van der Waals surface area contributed by atoms with Crippen molar-refractivity contribution >= 4 is 17.9 Å². The quantitative estimate of drug-likeness (QED) is 0.0262. The van der Waals surface area contributed by atoms with Crippen LogP contribution in [0.4, 0.5) is 0 Å². The lowest BCUT2D eigenvalue weighted by molar-refractivity contribution is -0.167. The molecule has 0 aromatic heterocycles. The highest BCUT2D eigenvalue weighted by Gasteiger charge is 2.19. The van der Waals surface area contributed by atoms with E-state index in [1.807, 2.05) is 0 Å². The van der Waals surface area contributed by atoms with E-state index in [2.05, 4.69) is 81.5 Å². The van der Waals surface area contributed by atoms with Gasteiger partial charge in [0.25, 0.3) is 0 Å². The highest BCUT2D eigenvalue weighted by molar-refractivity contribution is 5.71. The van der Waals surface area contributed by atoms with E-state index in [4.69, 9.17) is 14.2 Å². The topological polar surface area (TPSA) is 78.9 Å². The average Bonchev–Trinajstić information content (AvgIpc) is 3.28. The van der Waals surface area contributed by atoms with Crippen LogP contribution in [-0.2, 0) is 28.6 Å². The first kappa shape index (κ1) is 60.1. The summed E-state index contributed by atoms with van der Waals surface area (Å²) in [7, 11) is 0. The molecule has 0 amide bonds. The van der Waals surface area contributed by atoms with Crippen LogP contribution >= 0.6 is 0 Å². The van der Waals surface area contributed by atoms with Crippen LogP contribution in [0.2, 0.25) is 0 Å². The zero-order chi connectivity index (χ0) is 45.8. The van der Waals surface area contributed by atoms with Crippen molar-refractivity contribution < 1.29 is 28.6 Å². The van der Waals surface area contributed by atoms with Crippen LogP contribution in [0.25, 0.3) is 0 Å². The number of rotatable bonds is 48. The van der Waals surface area contributed by atoms with Gasteiger partial charge >= 0.3 is 17.9 Å². The molecule has 0 aromatic rings. The SMILES string of the molecule is CCCCC/C=C\C/C=C\C/C=C\CCCCC(=O)OC[C@H](COC(=O)CCCCCCCCC/C=C\CCCCCCCC)OC(=O)CCCCCCC/C=C\CCCCCC. The lowest BCUT2D eigenvalue weighted by Gasteiger charge is -2.18. The van der Waals surface area contributed by atoms with Gasteiger partial charge in [-0.05, 0) is 109 Å². The minimum Gasteiger partial charge on any atom is -0.462 e. The Bertz CT molecular complexity index is 1150. The first-order chi connectivity index (χ1) is 31.0. The lowest BCUT2D eigenvalue weighted by Crippen LogP contribution is -2.30. The molecule has 364 valence electrons. The predicted octanol–water partition coefficient (Wildman–Crippen LogP) is 17.6. The van der Waals surface area contributed by atoms with Gasteiger partial charge in [0.05, 0.1) is 0 Å². The minimum atomic E-state index is -0.794. The Kier molecular flexibility index (Phi) is 49.4. The molecule has 0 aromatic carbocycles. The fourth-order valence-electron chi connectivity index (χ4n) is 7.38. The lowest BCUT2D eigenvalue weighted by atomic mass is 10.1. The van der Waals surface area contributed by atoms with Crippen LogP contribution in [0.3, 0.4) is 0 Å². The molecule has 0 spiro atoms. The first-order valence-electron chi connectivity index (χ1n) is 26.8. The summed E-state index contributed by atoms with van der Waals surface area (Å²) in [5, 5.41) is 0. The van der Waals surface area contributed by atoms with Crippen molar-refractivity contribution in [2.24, 2.45) is 0 Å². The van der Waals surface area contributed by atoms with Crippen LogP contribution < -0.4 is 0 Å². The van der Waals surface area contributed by atoms with Crippen LogP contribution in [0.5, 0.6) is 0 Å². The third kappa shape index (κ3) is 50.0. The molecule has 0 saturated carbocycles. The van der Waals surface area contributed by atoms with Gasteiger partial charge in [-0.25, -0.2) is 0 Å². The summed E-state index contributed by atoms with van der Waals surface area (Å²) in [5.41, 5.74) is 0. The average molecular weight is 881 g/mol. The molecule has 0 aliphatic rings. The maximum Gasteiger partial charge on any atom is 0.306 e. The number of hydrogen-bond donors (Lipinski definition) is 0. The summed E-state index contributed by atoms with van der Waals surface area (Å²) >= 11 is 0. The van der Waals surface area contributed by atoms with Crippen LogP contribution in [-0.4, -0.2) is 37.2 Å². The van der Waals surface area contributed by atoms with Gasteiger partial charge in [0.2, 0.25) is 0 Å². The number of esters is 3. The molecule has 0 N–H and O–H groups in total. The van der Waals surface area contributed by atoms with E-state index in [1.165, 1.54) is 141 Å². The van der Waals surface area contributed by atoms with Gasteiger partial charge in [-0.2, -0.15) is 0 Å². The van der Waals surface area contributed by atoms with Crippen molar-refractivity contribution in [3.63, 3.8) is 0 Å². The molecule has 63 heavy (non-hydrogen) atoms. The largest absolute Gasteiger partial charge is 0.462 e. The summed E-state index contributed by atoms with van der Waals surface area (Å²) in [6.45, 7) is 6.56. The normalized spacial score (nSPS) is 12.5. The standard InChI is InChI=1S/C57H100O6/c1-4-7-10-13-16-19-22-25-27-28-30-33-35-38-41-44-47-50-56(59)62-53-54(63-57(60)51-48-45-42-39-36-31-24-21-18-15-12-9-6-3)52-61-55(58)49-46-43-40-37-34-32-29-26-23-20-17-14-11-8-5-2/h17,20-21,24-27,29,34,37,54H,4-16,18-19,22-23,28,30-33,35-36,38-53H2,1-3H3/b20-17-,24-21-,27-25-,29-26-,37-34-/t54-/m1/s1. The monoisotopic (exact) mass is 881 g/mol. The highest BCUT2D eigenvalue weighted by Crippen LogP contribution is 2.14. The maximum atomic E-state index is 12.8. The summed E-state index contributed by atoms with van der Waals surface area (Å²) in [5.74, 6) is -0.939. The molecule has 0 aliphatic heterocycles. The molecule has 6 nitrogen and oxygen atoms in total. The highest BCUT2D eigenvalue weighted by atomic mass is 16.6. The summed E-state index contributed by atoms with van der Waals surface area (Å²) in [4.78, 5) is 38.0. The van der Waals surface area contributed by atoms with E-state index in [0.717, 1.165) is 83.5 Å². The molecule has 0 aliphatic carbocycles. The van der Waals surface area contributed by atoms with Crippen molar-refractivity contribution in [2.45, 2.75) is 271 Å². The fraction of sp³-hybridized carbons (Fsp3) is 0.772. The summed E-state index contributed by atoms with van der Waals surface area (Å²) < 4.78 is 16.8. The van der Waals surface area contributed by atoms with Crippen molar-refractivity contribution in [3.8, 4) is 0 Å². The van der Waals surface area contributed by atoms with E-state index in [9.17, 15) is 14.4 Å². The van der Waals surface area contributed by atoms with E-state index in [-0.39, 0.29) is 31.1 Å². The Hall–Kier alpha value is -2.89. The molecule has 0 heterocycles. The number of carbonyl (C=O) groups is 3. The Morgan fingerprint density at radius 2 is 0.571 bits per heavy atom. The van der Waals surface area contributed by atoms with E-state index in [1.54, 1.807) is 0 Å². The van der Waals surface area contributed by atoms with E-state index >= 15 is 0 Å². The van der Waals surface area contributed by atoms with Crippen LogP contribution in [0, 0.1) is 0 Å². The third-order valence-corrected chi connectivity index (χ3v) is 11.5. The second kappa shape index (κ2) is 51.7. The van der Waals surface area contributed by atoms with Crippen molar-refractivity contribution in [3.05, 3.63) is 60.8 Å². The second-order valence-corrected chi connectivity index (χ2v) is 17.8. The van der Waals surface area contributed by atoms with Gasteiger partial charge in [-0.15, -0.1) is 0 Å². The number of allylic oxidation sites excluding steroid dienone is 10. The van der Waals surface area contributed by atoms with Gasteiger partial charge in [0.15, 0.2) is 6.10 Å². The first-order valence-corrected chi connectivity index (χ1v) is 26.8. The molecule has 0 fully saturated rings. The minimum absolute atomic E-state index is 0.0914. The Labute approximate surface area is 390 Å². The molecule has 0 unspecified atom stereocenters. The number of unbranched alkanes of at least 4 members (excludes halogenated alkanes) is 27. The number of carbonyl (C=O) groups excluding carboxylic acids is 3. The molecule has 0 bridgehead atoms. The molecular formula is C57H100O6. The van der Waals surface area contributed by atoms with Crippen molar-refractivity contribution in [1.29, 1.82) is 0 Å². The molecule has 1 atom stereocenters. The van der Waals surface area contributed by atoms with Gasteiger partial charge in [-0.3, -0.25) is 14.4 Å². The van der Waals surface area contributed by atoms with E-state index in [0.29, 0.717) is 19.3 Å². The second-order valence-electron chi connectivity index (χ2n) is 17.8. The zero-order valence-corrected chi connectivity index (χ0v) is 41.6. The Balaban J connectivity index is 4.43. The Morgan fingerprint density at radius 1 is 0.317 bits per heavy atom. The molecular weight excluding hydrogens is 781 g/mol.